The second kappa shape index (κ2) is 5.73. The number of hydrogen-bond acceptors (Lipinski definition) is 7. The Labute approximate surface area is 115 Å². The van der Waals surface area contributed by atoms with Crippen molar-refractivity contribution in [2.45, 2.75) is 20.4 Å². The highest BCUT2D eigenvalue weighted by Crippen LogP contribution is 2.33. The van der Waals surface area contributed by atoms with Gasteiger partial charge >= 0.3 is 0 Å². The van der Waals surface area contributed by atoms with E-state index >= 15 is 0 Å². The Morgan fingerprint density at radius 1 is 1.22 bits per heavy atom. The molecule has 0 aliphatic rings. The van der Waals surface area contributed by atoms with Gasteiger partial charge in [0.2, 0.25) is 5.13 Å². The van der Waals surface area contributed by atoms with Crippen molar-refractivity contribution in [3.05, 3.63) is 10.7 Å². The zero-order valence-corrected chi connectivity index (χ0v) is 12.7. The zero-order chi connectivity index (χ0) is 13.1. The minimum absolute atomic E-state index is 0.863. The van der Waals surface area contributed by atoms with Gasteiger partial charge < -0.3 is 10.2 Å². The number of hydrogen-bond donors (Lipinski definition) is 1. The number of aromatic nitrogens is 3. The van der Waals surface area contributed by atoms with Crippen LogP contribution in [0.2, 0.25) is 0 Å². The number of aryl methyl sites for hydroxylation is 1. The van der Waals surface area contributed by atoms with Crippen LogP contribution in [0, 0.1) is 6.92 Å². The van der Waals surface area contributed by atoms with Crippen LogP contribution in [0.4, 0.5) is 5.13 Å². The molecular formula is C11H17N5S2. The van der Waals surface area contributed by atoms with E-state index in [1.165, 1.54) is 0 Å². The summed E-state index contributed by atoms with van der Waals surface area (Å²) < 4.78 is 0. The van der Waals surface area contributed by atoms with Crippen LogP contribution in [0.1, 0.15) is 17.6 Å². The first kappa shape index (κ1) is 13.4. The standard InChI is InChI=1S/C11H17N5S2/c1-5-12-11-15-14-10(18-11)9-7(2)13-8(17-9)6-16(3)4/h5-6H2,1-4H3,(H,12,15). The van der Waals surface area contributed by atoms with Gasteiger partial charge in [-0.1, -0.05) is 11.3 Å². The molecule has 2 aromatic heterocycles. The summed E-state index contributed by atoms with van der Waals surface area (Å²) >= 11 is 3.28. The molecule has 0 saturated heterocycles. The Kier molecular flexibility index (Phi) is 4.26. The van der Waals surface area contributed by atoms with Crippen molar-refractivity contribution in [2.75, 3.05) is 26.0 Å². The molecule has 0 spiro atoms. The van der Waals surface area contributed by atoms with Gasteiger partial charge in [-0.3, -0.25) is 0 Å². The van der Waals surface area contributed by atoms with Crippen LogP contribution in [0.15, 0.2) is 0 Å². The summed E-state index contributed by atoms with van der Waals surface area (Å²) in [5.74, 6) is 0. The third-order valence-corrected chi connectivity index (χ3v) is 4.42. The van der Waals surface area contributed by atoms with Crippen LogP contribution < -0.4 is 5.32 Å². The number of rotatable bonds is 5. The van der Waals surface area contributed by atoms with Crippen molar-refractivity contribution < 1.29 is 0 Å². The first-order chi connectivity index (χ1) is 8.60. The third kappa shape index (κ3) is 3.04. The Morgan fingerprint density at radius 2 is 2.00 bits per heavy atom. The molecule has 2 rings (SSSR count). The maximum absolute atomic E-state index is 4.58. The van der Waals surface area contributed by atoms with Crippen molar-refractivity contribution in [2.24, 2.45) is 0 Å². The zero-order valence-electron chi connectivity index (χ0n) is 11.0. The highest BCUT2D eigenvalue weighted by atomic mass is 32.1. The number of thiazole rings is 1. The molecule has 1 N–H and O–H groups in total. The van der Waals surface area contributed by atoms with E-state index in [1.807, 2.05) is 27.9 Å². The fraction of sp³-hybridized carbons (Fsp3) is 0.545. The highest BCUT2D eigenvalue weighted by Gasteiger charge is 2.14. The predicted molar refractivity (Wildman–Crippen MR) is 77.3 cm³/mol. The second-order valence-corrected chi connectivity index (χ2v) is 6.26. The molecule has 0 radical (unpaired) electrons. The van der Waals surface area contributed by atoms with Crippen LogP contribution in [-0.4, -0.2) is 40.7 Å². The summed E-state index contributed by atoms with van der Waals surface area (Å²) in [7, 11) is 4.09. The van der Waals surface area contributed by atoms with Crippen molar-refractivity contribution in [1.29, 1.82) is 0 Å². The number of nitrogens with one attached hydrogen (secondary N) is 1. The average molecular weight is 283 g/mol. The molecule has 0 bridgehead atoms. The molecule has 98 valence electrons. The summed E-state index contributed by atoms with van der Waals surface area (Å²) in [5, 5.41) is 14.5. The summed E-state index contributed by atoms with van der Waals surface area (Å²) in [5.41, 5.74) is 1.04. The molecule has 0 aromatic carbocycles. The molecule has 2 heterocycles. The van der Waals surface area contributed by atoms with Crippen molar-refractivity contribution in [1.82, 2.24) is 20.1 Å². The first-order valence-corrected chi connectivity index (χ1v) is 7.42. The van der Waals surface area contributed by atoms with Gasteiger partial charge in [-0.2, -0.15) is 0 Å². The highest BCUT2D eigenvalue weighted by molar-refractivity contribution is 7.23. The number of nitrogens with zero attached hydrogens (tertiary/aromatic N) is 4. The van der Waals surface area contributed by atoms with E-state index in [0.717, 1.165) is 38.8 Å². The molecule has 0 aliphatic heterocycles. The molecule has 0 unspecified atom stereocenters. The van der Waals surface area contributed by atoms with E-state index in [0.29, 0.717) is 0 Å². The maximum atomic E-state index is 4.58. The fourth-order valence-electron chi connectivity index (χ4n) is 1.53. The van der Waals surface area contributed by atoms with E-state index < -0.39 is 0 Å². The van der Waals surface area contributed by atoms with Gasteiger partial charge in [0.05, 0.1) is 10.6 Å². The van der Waals surface area contributed by atoms with Gasteiger partial charge in [0.15, 0.2) is 5.01 Å². The Hall–Kier alpha value is -1.05. The summed E-state index contributed by atoms with van der Waals surface area (Å²) in [6.07, 6.45) is 0. The molecule has 5 nitrogen and oxygen atoms in total. The molecular weight excluding hydrogens is 266 g/mol. The minimum atomic E-state index is 0.863. The lowest BCUT2D eigenvalue weighted by molar-refractivity contribution is 0.401. The average Bonchev–Trinajstić information content (AvgIpc) is 2.85. The molecule has 7 heteroatoms. The van der Waals surface area contributed by atoms with Crippen molar-refractivity contribution in [3.63, 3.8) is 0 Å². The molecule has 0 atom stereocenters. The third-order valence-electron chi connectivity index (χ3n) is 2.24. The second-order valence-electron chi connectivity index (χ2n) is 4.20. The largest absolute Gasteiger partial charge is 0.360 e. The van der Waals surface area contributed by atoms with Gasteiger partial charge in [0, 0.05) is 13.1 Å². The Morgan fingerprint density at radius 3 is 2.67 bits per heavy atom. The maximum Gasteiger partial charge on any atom is 0.206 e. The Bertz CT molecular complexity index is 517. The van der Waals surface area contributed by atoms with Gasteiger partial charge in [-0.25, -0.2) is 4.98 Å². The smallest absolute Gasteiger partial charge is 0.206 e. The lowest BCUT2D eigenvalue weighted by atomic mass is 10.4. The molecule has 0 amide bonds. The van der Waals surface area contributed by atoms with Crippen LogP contribution >= 0.6 is 22.7 Å². The molecule has 18 heavy (non-hydrogen) atoms. The SMILES string of the molecule is CCNc1nnc(-c2sc(CN(C)C)nc2C)s1. The van der Waals surface area contributed by atoms with Crippen LogP contribution in [-0.2, 0) is 6.54 Å². The molecule has 0 aliphatic carbocycles. The normalized spacial score (nSPS) is 11.2. The van der Waals surface area contributed by atoms with Gasteiger partial charge in [-0.05, 0) is 27.9 Å². The van der Waals surface area contributed by atoms with E-state index in [4.69, 9.17) is 0 Å². The number of anilines is 1. The summed E-state index contributed by atoms with van der Waals surface area (Å²) in [6.45, 7) is 5.81. The predicted octanol–water partition coefficient (Wildman–Crippen LogP) is 2.46. The van der Waals surface area contributed by atoms with E-state index in [1.54, 1.807) is 22.7 Å². The minimum Gasteiger partial charge on any atom is -0.360 e. The lowest BCUT2D eigenvalue weighted by Gasteiger charge is -2.04. The lowest BCUT2D eigenvalue weighted by Crippen LogP contribution is -2.10. The quantitative estimate of drug-likeness (QED) is 0.913. The fourth-order valence-corrected chi connectivity index (χ4v) is 3.64. The van der Waals surface area contributed by atoms with E-state index in [9.17, 15) is 0 Å². The Balaban J connectivity index is 2.23. The van der Waals surface area contributed by atoms with Crippen LogP contribution in [0.5, 0.6) is 0 Å². The van der Waals surface area contributed by atoms with Gasteiger partial charge in [0.25, 0.3) is 0 Å². The summed E-state index contributed by atoms with van der Waals surface area (Å²) in [6, 6.07) is 0. The van der Waals surface area contributed by atoms with Crippen molar-refractivity contribution in [3.8, 4) is 9.88 Å². The molecule has 0 fully saturated rings. The van der Waals surface area contributed by atoms with Crippen LogP contribution in [0.25, 0.3) is 9.88 Å². The van der Waals surface area contributed by atoms with Crippen LogP contribution in [0.3, 0.4) is 0 Å². The van der Waals surface area contributed by atoms with E-state index in [-0.39, 0.29) is 0 Å². The molecule has 0 saturated carbocycles. The first-order valence-electron chi connectivity index (χ1n) is 5.79. The van der Waals surface area contributed by atoms with Crippen molar-refractivity contribution >= 4 is 27.8 Å². The van der Waals surface area contributed by atoms with Gasteiger partial charge in [-0.15, -0.1) is 21.5 Å². The van der Waals surface area contributed by atoms with Gasteiger partial charge in [0.1, 0.15) is 5.01 Å². The monoisotopic (exact) mass is 283 g/mol. The molecule has 2 aromatic rings. The summed E-state index contributed by atoms with van der Waals surface area (Å²) in [4.78, 5) is 7.83. The van der Waals surface area contributed by atoms with E-state index in [2.05, 4.69) is 25.4 Å². The topological polar surface area (TPSA) is 53.9 Å².